The Balaban J connectivity index is 1.31. The molecule has 5 rings (SSSR count). The third kappa shape index (κ3) is 5.54. The third-order valence-corrected chi connectivity index (χ3v) is 9.03. The van der Waals surface area contributed by atoms with Gasteiger partial charge in [0.05, 0.1) is 26.3 Å². The van der Waals surface area contributed by atoms with E-state index < -0.39 is 0 Å². The van der Waals surface area contributed by atoms with Gasteiger partial charge >= 0.3 is 0 Å². The minimum absolute atomic E-state index is 0.0632. The normalized spacial score (nSPS) is 18.7. The lowest BCUT2D eigenvalue weighted by atomic mass is 9.89. The number of ether oxygens (including phenoxy) is 2. The Kier molecular flexibility index (Phi) is 8.23. The first kappa shape index (κ1) is 27.2. The molecule has 0 spiro atoms. The van der Waals surface area contributed by atoms with Crippen LogP contribution >= 0.6 is 11.3 Å². The van der Waals surface area contributed by atoms with E-state index in [0.717, 1.165) is 19.4 Å². The van der Waals surface area contributed by atoms with Gasteiger partial charge in [-0.25, -0.2) is 0 Å². The van der Waals surface area contributed by atoms with Gasteiger partial charge in [-0.15, -0.1) is 11.3 Å². The molecule has 1 aromatic heterocycles. The molecule has 206 valence electrons. The Bertz CT molecular complexity index is 1320. The van der Waals surface area contributed by atoms with Crippen molar-refractivity contribution in [3.8, 4) is 11.5 Å². The standard InChI is InChI=1S/C31H37N3O4S/c1-21-8-5-6-9-26(21)29-27-11-17-39-28(27)10-14-34(29)22(2)30(35)32-12-7-13-33(16-15-32)31(36)23-18-24(37-3)20-25(19-23)38-4/h5-6,8-9,11,17-20,22,29H,7,10,12-16H2,1-4H3/t22-,29+/m0/s1. The molecule has 0 unspecified atom stereocenters. The molecule has 2 aliphatic heterocycles. The molecule has 3 heterocycles. The lowest BCUT2D eigenvalue weighted by molar-refractivity contribution is -0.137. The fourth-order valence-electron chi connectivity index (χ4n) is 5.85. The summed E-state index contributed by atoms with van der Waals surface area (Å²) >= 11 is 1.81. The van der Waals surface area contributed by atoms with E-state index in [9.17, 15) is 9.59 Å². The van der Waals surface area contributed by atoms with Crippen LogP contribution in [-0.2, 0) is 11.2 Å². The van der Waals surface area contributed by atoms with E-state index in [2.05, 4.69) is 47.5 Å². The molecule has 39 heavy (non-hydrogen) atoms. The molecule has 2 amide bonds. The number of rotatable bonds is 6. The summed E-state index contributed by atoms with van der Waals surface area (Å²) in [5.74, 6) is 1.22. The number of benzene rings is 2. The molecule has 0 bridgehead atoms. The number of carbonyl (C=O) groups excluding carboxylic acids is 2. The van der Waals surface area contributed by atoms with Crippen molar-refractivity contribution in [3.05, 3.63) is 81.0 Å². The molecule has 3 aromatic rings. The van der Waals surface area contributed by atoms with Gasteiger partial charge in [0.2, 0.25) is 5.91 Å². The number of hydrogen-bond donors (Lipinski definition) is 0. The van der Waals surface area contributed by atoms with Crippen LogP contribution in [0, 0.1) is 6.92 Å². The van der Waals surface area contributed by atoms with Gasteiger partial charge in [0, 0.05) is 49.2 Å². The Morgan fingerprint density at radius 2 is 1.59 bits per heavy atom. The summed E-state index contributed by atoms with van der Waals surface area (Å²) in [6.07, 6.45) is 1.69. The van der Waals surface area contributed by atoms with E-state index >= 15 is 0 Å². The first-order chi connectivity index (χ1) is 18.9. The molecular formula is C31H37N3O4S. The van der Waals surface area contributed by atoms with Gasteiger partial charge in [-0.1, -0.05) is 24.3 Å². The third-order valence-electron chi connectivity index (χ3n) is 8.03. The van der Waals surface area contributed by atoms with E-state index in [1.54, 1.807) is 32.4 Å². The molecule has 2 atom stereocenters. The van der Waals surface area contributed by atoms with Crippen LogP contribution in [0.5, 0.6) is 11.5 Å². The van der Waals surface area contributed by atoms with Gasteiger partial charge in [0.15, 0.2) is 0 Å². The fraction of sp³-hybridized carbons (Fsp3) is 0.419. The van der Waals surface area contributed by atoms with Crippen molar-refractivity contribution in [2.75, 3.05) is 46.9 Å². The van der Waals surface area contributed by atoms with Crippen LogP contribution in [0.1, 0.15) is 51.3 Å². The van der Waals surface area contributed by atoms with Crippen molar-refractivity contribution < 1.29 is 19.1 Å². The molecular weight excluding hydrogens is 510 g/mol. The number of hydrogen-bond acceptors (Lipinski definition) is 6. The molecule has 7 nitrogen and oxygen atoms in total. The largest absolute Gasteiger partial charge is 0.497 e. The molecule has 0 aliphatic carbocycles. The minimum atomic E-state index is -0.271. The van der Waals surface area contributed by atoms with Gasteiger partial charge < -0.3 is 19.3 Å². The highest BCUT2D eigenvalue weighted by Gasteiger charge is 2.37. The number of nitrogens with zero attached hydrogens (tertiary/aromatic N) is 3. The average Bonchev–Trinajstić information content (AvgIpc) is 3.32. The molecule has 0 saturated carbocycles. The quantitative estimate of drug-likeness (QED) is 0.444. The van der Waals surface area contributed by atoms with Crippen LogP contribution in [0.25, 0.3) is 0 Å². The predicted octanol–water partition coefficient (Wildman–Crippen LogP) is 4.78. The Morgan fingerprint density at radius 3 is 2.31 bits per heavy atom. The number of amides is 2. The minimum Gasteiger partial charge on any atom is -0.497 e. The van der Waals surface area contributed by atoms with Gasteiger partial charge in [0.1, 0.15) is 11.5 Å². The van der Waals surface area contributed by atoms with E-state index in [1.807, 2.05) is 28.1 Å². The zero-order valence-corrected chi connectivity index (χ0v) is 24.0. The van der Waals surface area contributed by atoms with E-state index in [4.69, 9.17) is 9.47 Å². The smallest absolute Gasteiger partial charge is 0.254 e. The second kappa shape index (κ2) is 11.8. The summed E-state index contributed by atoms with van der Waals surface area (Å²) in [4.78, 5) is 34.9. The molecule has 0 N–H and O–H groups in total. The first-order valence-corrected chi connectivity index (χ1v) is 14.5. The van der Waals surface area contributed by atoms with Gasteiger partial charge in [-0.3, -0.25) is 14.5 Å². The SMILES string of the molecule is COc1cc(OC)cc(C(=O)N2CCCN(C(=O)[C@H](C)N3CCc4sccc4[C@H]3c3ccccc3C)CC2)c1. The maximum absolute atomic E-state index is 13.9. The van der Waals surface area contributed by atoms with Crippen LogP contribution < -0.4 is 9.47 Å². The number of thiophene rings is 1. The summed E-state index contributed by atoms with van der Waals surface area (Å²) in [6.45, 7) is 7.29. The van der Waals surface area contributed by atoms with Crippen LogP contribution in [0.15, 0.2) is 53.9 Å². The highest BCUT2D eigenvalue weighted by Crippen LogP contribution is 2.40. The van der Waals surface area contributed by atoms with Crippen LogP contribution in [0.4, 0.5) is 0 Å². The number of carbonyl (C=O) groups is 2. The van der Waals surface area contributed by atoms with Crippen LogP contribution in [0.2, 0.25) is 0 Å². The van der Waals surface area contributed by atoms with Crippen molar-refractivity contribution in [1.29, 1.82) is 0 Å². The predicted molar refractivity (Wildman–Crippen MR) is 154 cm³/mol. The zero-order chi connectivity index (χ0) is 27.5. The summed E-state index contributed by atoms with van der Waals surface area (Å²) in [5, 5.41) is 2.17. The second-order valence-electron chi connectivity index (χ2n) is 10.3. The second-order valence-corrected chi connectivity index (χ2v) is 11.3. The van der Waals surface area contributed by atoms with Crippen molar-refractivity contribution >= 4 is 23.2 Å². The van der Waals surface area contributed by atoms with Crippen LogP contribution in [-0.4, -0.2) is 79.5 Å². The van der Waals surface area contributed by atoms with Crippen LogP contribution in [0.3, 0.4) is 0 Å². The maximum atomic E-state index is 13.9. The molecule has 0 radical (unpaired) electrons. The lowest BCUT2D eigenvalue weighted by Crippen LogP contribution is -2.51. The lowest BCUT2D eigenvalue weighted by Gasteiger charge is -2.41. The van der Waals surface area contributed by atoms with E-state index in [1.165, 1.54) is 21.6 Å². The van der Waals surface area contributed by atoms with E-state index in [0.29, 0.717) is 43.2 Å². The zero-order valence-electron chi connectivity index (χ0n) is 23.2. The first-order valence-electron chi connectivity index (χ1n) is 13.6. The van der Waals surface area contributed by atoms with Gasteiger partial charge in [-0.2, -0.15) is 0 Å². The average molecular weight is 548 g/mol. The Labute approximate surface area is 234 Å². The summed E-state index contributed by atoms with van der Waals surface area (Å²) in [6, 6.07) is 15.8. The summed E-state index contributed by atoms with van der Waals surface area (Å²) in [7, 11) is 3.15. The number of methoxy groups -OCH3 is 2. The van der Waals surface area contributed by atoms with Gasteiger partial charge in [-0.05, 0) is 67.0 Å². The topological polar surface area (TPSA) is 62.3 Å². The van der Waals surface area contributed by atoms with Crippen molar-refractivity contribution in [2.24, 2.45) is 0 Å². The molecule has 2 aromatic carbocycles. The number of aryl methyl sites for hydroxylation is 1. The number of fused-ring (bicyclic) bond motifs is 1. The highest BCUT2D eigenvalue weighted by molar-refractivity contribution is 7.10. The highest BCUT2D eigenvalue weighted by atomic mass is 32.1. The molecule has 1 saturated heterocycles. The van der Waals surface area contributed by atoms with Crippen molar-refractivity contribution in [2.45, 2.75) is 38.8 Å². The summed E-state index contributed by atoms with van der Waals surface area (Å²) < 4.78 is 10.7. The Morgan fingerprint density at radius 1 is 0.897 bits per heavy atom. The monoisotopic (exact) mass is 547 g/mol. The fourth-order valence-corrected chi connectivity index (χ4v) is 6.76. The van der Waals surface area contributed by atoms with Crippen molar-refractivity contribution in [3.63, 3.8) is 0 Å². The molecule has 2 aliphatic rings. The Hall–Kier alpha value is -3.36. The van der Waals surface area contributed by atoms with E-state index in [-0.39, 0.29) is 23.9 Å². The molecule has 1 fully saturated rings. The summed E-state index contributed by atoms with van der Waals surface area (Å²) in [5.41, 5.74) is 4.35. The molecule has 8 heteroatoms. The van der Waals surface area contributed by atoms with Gasteiger partial charge in [0.25, 0.3) is 5.91 Å². The van der Waals surface area contributed by atoms with Crippen molar-refractivity contribution in [1.82, 2.24) is 14.7 Å². The maximum Gasteiger partial charge on any atom is 0.254 e.